The first kappa shape index (κ1) is 24.9. The van der Waals surface area contributed by atoms with E-state index in [1.165, 1.54) is 18.5 Å². The van der Waals surface area contributed by atoms with E-state index in [-0.39, 0.29) is 11.8 Å². The first-order chi connectivity index (χ1) is 16.4. The van der Waals surface area contributed by atoms with Crippen molar-refractivity contribution in [3.05, 3.63) is 71.8 Å². The van der Waals surface area contributed by atoms with Gasteiger partial charge in [0, 0.05) is 31.3 Å². The zero-order valence-corrected chi connectivity index (χ0v) is 21.2. The highest BCUT2D eigenvalue weighted by molar-refractivity contribution is 5.87. The Morgan fingerprint density at radius 3 is 2.15 bits per heavy atom. The van der Waals surface area contributed by atoms with Crippen LogP contribution in [0.2, 0.25) is 0 Å². The maximum atomic E-state index is 13.7. The molecule has 34 heavy (non-hydrogen) atoms. The first-order valence-electron chi connectivity index (χ1n) is 13.3. The van der Waals surface area contributed by atoms with Crippen molar-refractivity contribution in [1.29, 1.82) is 0 Å². The molecular weight excluding hydrogens is 420 g/mol. The molecule has 2 aromatic carbocycles. The average Bonchev–Trinajstić information content (AvgIpc) is 3.40. The molecule has 0 spiro atoms. The van der Waals surface area contributed by atoms with Gasteiger partial charge in [-0.15, -0.1) is 0 Å². The number of aryl methyl sites for hydroxylation is 1. The normalized spacial score (nSPS) is 19.8. The second-order valence-corrected chi connectivity index (χ2v) is 11.3. The molecule has 1 unspecified atom stereocenters. The van der Waals surface area contributed by atoms with Crippen molar-refractivity contribution < 1.29 is 14.4 Å². The maximum absolute atomic E-state index is 13.7. The van der Waals surface area contributed by atoms with Crippen LogP contribution in [0.4, 0.5) is 0 Å². The van der Waals surface area contributed by atoms with Crippen molar-refractivity contribution >= 4 is 5.91 Å². The molecule has 1 amide bonds. The van der Waals surface area contributed by atoms with Crippen LogP contribution in [-0.4, -0.2) is 60.7 Å². The van der Waals surface area contributed by atoms with Gasteiger partial charge in [-0.25, -0.2) is 0 Å². The Bertz CT molecular complexity index is 900. The maximum Gasteiger partial charge on any atom is 0.259 e. The second-order valence-electron chi connectivity index (χ2n) is 11.3. The molecule has 1 saturated carbocycles. The Labute approximate surface area is 206 Å². The highest BCUT2D eigenvalue weighted by atomic mass is 16.3. The van der Waals surface area contributed by atoms with E-state index in [0.717, 1.165) is 74.6 Å². The SMILES string of the molecule is C[N+](C)(CCCc1ccccc1)CC1CCN(C(=O)C(O)(c2ccccc2)C2CCCC2)CC1. The fraction of sp³-hybridized carbons (Fsp3) is 0.567. The summed E-state index contributed by atoms with van der Waals surface area (Å²) in [6, 6.07) is 20.4. The molecule has 2 aliphatic rings. The molecule has 0 aromatic heterocycles. The number of nitrogens with zero attached hydrogens (tertiary/aromatic N) is 2. The van der Waals surface area contributed by atoms with Crippen molar-refractivity contribution in [3.8, 4) is 0 Å². The van der Waals surface area contributed by atoms with Gasteiger partial charge in [0.25, 0.3) is 5.91 Å². The van der Waals surface area contributed by atoms with Gasteiger partial charge in [0.15, 0.2) is 5.60 Å². The van der Waals surface area contributed by atoms with Gasteiger partial charge in [0.1, 0.15) is 0 Å². The summed E-state index contributed by atoms with van der Waals surface area (Å²) in [6.07, 6.45) is 8.46. The lowest BCUT2D eigenvalue weighted by molar-refractivity contribution is -0.894. The fourth-order valence-electron chi connectivity index (χ4n) is 6.28. The molecule has 0 bridgehead atoms. The van der Waals surface area contributed by atoms with Crippen molar-refractivity contribution in [1.82, 2.24) is 4.90 Å². The molecule has 1 aliphatic heterocycles. The van der Waals surface area contributed by atoms with Crippen molar-refractivity contribution in [3.63, 3.8) is 0 Å². The van der Waals surface area contributed by atoms with Crippen LogP contribution in [-0.2, 0) is 16.8 Å². The molecule has 1 heterocycles. The van der Waals surface area contributed by atoms with E-state index in [9.17, 15) is 9.90 Å². The quantitative estimate of drug-likeness (QED) is 0.531. The van der Waals surface area contributed by atoms with E-state index in [2.05, 4.69) is 44.4 Å². The lowest BCUT2D eigenvalue weighted by atomic mass is 9.78. The number of quaternary nitrogens is 1. The Balaban J connectivity index is 1.31. The summed E-state index contributed by atoms with van der Waals surface area (Å²) in [5, 5.41) is 11.9. The molecule has 4 heteroatoms. The molecular formula is C30H43N2O2+. The number of aliphatic hydroxyl groups is 1. The van der Waals surface area contributed by atoms with E-state index in [1.54, 1.807) is 0 Å². The summed E-state index contributed by atoms with van der Waals surface area (Å²) in [5.41, 5.74) is 0.810. The van der Waals surface area contributed by atoms with Crippen LogP contribution in [0.25, 0.3) is 0 Å². The highest BCUT2D eigenvalue weighted by Gasteiger charge is 2.48. The van der Waals surface area contributed by atoms with Crippen LogP contribution in [0.1, 0.15) is 56.1 Å². The van der Waals surface area contributed by atoms with Gasteiger partial charge < -0.3 is 14.5 Å². The molecule has 2 fully saturated rings. The minimum atomic E-state index is -1.38. The summed E-state index contributed by atoms with van der Waals surface area (Å²) in [7, 11) is 4.69. The van der Waals surface area contributed by atoms with Crippen LogP contribution in [0.3, 0.4) is 0 Å². The van der Waals surface area contributed by atoms with Gasteiger partial charge in [0.05, 0.1) is 27.2 Å². The summed E-state index contributed by atoms with van der Waals surface area (Å²) in [5.74, 6) is 0.591. The average molecular weight is 464 g/mol. The first-order valence-corrected chi connectivity index (χ1v) is 13.3. The van der Waals surface area contributed by atoms with Crippen molar-refractivity contribution in [2.75, 3.05) is 40.3 Å². The van der Waals surface area contributed by atoms with Crippen LogP contribution in [0.5, 0.6) is 0 Å². The molecule has 4 nitrogen and oxygen atoms in total. The minimum Gasteiger partial charge on any atom is -0.375 e. The smallest absolute Gasteiger partial charge is 0.259 e. The summed E-state index contributed by atoms with van der Waals surface area (Å²) >= 11 is 0. The predicted octanol–water partition coefficient (Wildman–Crippen LogP) is 5.01. The number of carbonyl (C=O) groups is 1. The Hall–Kier alpha value is -2.17. The van der Waals surface area contributed by atoms with Gasteiger partial charge in [-0.3, -0.25) is 4.79 Å². The zero-order chi connectivity index (χ0) is 24.0. The van der Waals surface area contributed by atoms with E-state index in [0.29, 0.717) is 5.92 Å². The van der Waals surface area contributed by atoms with Gasteiger partial charge in [-0.2, -0.15) is 0 Å². The predicted molar refractivity (Wildman–Crippen MR) is 138 cm³/mol. The molecule has 1 N–H and O–H groups in total. The minimum absolute atomic E-state index is 0.0281. The van der Waals surface area contributed by atoms with Gasteiger partial charge >= 0.3 is 0 Å². The van der Waals surface area contributed by atoms with E-state index < -0.39 is 5.60 Å². The highest BCUT2D eigenvalue weighted by Crippen LogP contribution is 2.42. The third-order valence-corrected chi connectivity index (χ3v) is 8.21. The Kier molecular flexibility index (Phi) is 8.10. The monoisotopic (exact) mass is 463 g/mol. The molecule has 2 aromatic rings. The Morgan fingerprint density at radius 2 is 1.53 bits per heavy atom. The van der Waals surface area contributed by atoms with Crippen LogP contribution in [0, 0.1) is 11.8 Å². The number of benzene rings is 2. The fourth-order valence-corrected chi connectivity index (χ4v) is 6.28. The van der Waals surface area contributed by atoms with Gasteiger partial charge in [-0.1, -0.05) is 73.5 Å². The zero-order valence-electron chi connectivity index (χ0n) is 21.2. The number of hydrogen-bond donors (Lipinski definition) is 1. The number of rotatable bonds is 9. The van der Waals surface area contributed by atoms with E-state index in [4.69, 9.17) is 0 Å². The Morgan fingerprint density at radius 1 is 0.941 bits per heavy atom. The van der Waals surface area contributed by atoms with Crippen LogP contribution >= 0.6 is 0 Å². The number of amides is 1. The molecule has 1 atom stereocenters. The molecule has 1 saturated heterocycles. The number of carbonyl (C=O) groups excluding carboxylic acids is 1. The van der Waals surface area contributed by atoms with Gasteiger partial charge in [0.2, 0.25) is 0 Å². The lowest BCUT2D eigenvalue weighted by Gasteiger charge is -2.42. The second kappa shape index (κ2) is 11.0. The summed E-state index contributed by atoms with van der Waals surface area (Å²) < 4.78 is 1.03. The number of hydrogen-bond acceptors (Lipinski definition) is 2. The molecule has 4 rings (SSSR count). The van der Waals surface area contributed by atoms with Crippen molar-refractivity contribution in [2.45, 2.75) is 57.0 Å². The molecule has 184 valence electrons. The number of likely N-dealkylation sites (tertiary alicyclic amines) is 1. The third kappa shape index (κ3) is 5.90. The number of piperidine rings is 1. The standard InChI is InChI=1S/C30H43N2O2/c1-32(2,23-11-14-25-12-5-3-6-13-25)24-26-19-21-31(22-20-26)29(33)30(34,28-17-9-10-18-28)27-15-7-4-8-16-27/h3-8,12-13,15-16,26,28,34H,9-11,14,17-24H2,1-2H3/q+1. The van der Waals surface area contributed by atoms with Crippen molar-refractivity contribution in [2.24, 2.45) is 11.8 Å². The topological polar surface area (TPSA) is 40.5 Å². The van der Waals surface area contributed by atoms with Gasteiger partial charge in [-0.05, 0) is 43.2 Å². The third-order valence-electron chi connectivity index (χ3n) is 8.21. The van der Waals surface area contributed by atoms with E-state index in [1.807, 2.05) is 35.2 Å². The lowest BCUT2D eigenvalue weighted by Crippen LogP contribution is -2.54. The molecule has 1 aliphatic carbocycles. The van der Waals surface area contributed by atoms with E-state index >= 15 is 0 Å². The summed E-state index contributed by atoms with van der Waals surface area (Å²) in [4.78, 5) is 15.7. The largest absolute Gasteiger partial charge is 0.375 e. The van der Waals surface area contributed by atoms with Crippen LogP contribution in [0.15, 0.2) is 60.7 Å². The molecule has 0 radical (unpaired) electrons. The van der Waals surface area contributed by atoms with Crippen LogP contribution < -0.4 is 0 Å². The summed E-state index contributed by atoms with van der Waals surface area (Å²) in [6.45, 7) is 3.84.